The van der Waals surface area contributed by atoms with Crippen LogP contribution in [0.2, 0.25) is 0 Å². The van der Waals surface area contributed by atoms with Gasteiger partial charge >= 0.3 is 12.1 Å². The first-order chi connectivity index (χ1) is 14.8. The summed E-state index contributed by atoms with van der Waals surface area (Å²) in [5.41, 5.74) is -0.159. The standard InChI is InChI=1S/C16H22F2N4O2S.C2HF3O2/c1-10-20-21-14(25-10)22-8-15(9-22)12(3-5-24-15)2-4-19-13(23)11-6-16(17,18)7-11;3-2(4,5)1(6)7/h11-12H,2-9H2,1H3,(H,19,23);(H,6,7). The highest BCUT2D eigenvalue weighted by Crippen LogP contribution is 2.44. The van der Waals surface area contributed by atoms with Crippen molar-refractivity contribution in [2.24, 2.45) is 11.8 Å². The largest absolute Gasteiger partial charge is 0.490 e. The maximum absolute atomic E-state index is 12.8. The van der Waals surface area contributed by atoms with Gasteiger partial charge in [-0.25, -0.2) is 13.6 Å². The molecule has 2 N–H and O–H groups in total. The monoisotopic (exact) mass is 486 g/mol. The van der Waals surface area contributed by atoms with Crippen LogP contribution in [0.1, 0.15) is 30.7 Å². The molecule has 4 rings (SSSR count). The smallest absolute Gasteiger partial charge is 0.475 e. The average molecular weight is 486 g/mol. The summed E-state index contributed by atoms with van der Waals surface area (Å²) in [5.74, 6) is -5.79. The second kappa shape index (κ2) is 9.04. The van der Waals surface area contributed by atoms with Crippen LogP contribution in [0.15, 0.2) is 0 Å². The number of carboxylic acids is 1. The molecule has 1 aromatic heterocycles. The van der Waals surface area contributed by atoms with Gasteiger partial charge in [-0.15, -0.1) is 10.2 Å². The van der Waals surface area contributed by atoms with Gasteiger partial charge in [0.2, 0.25) is 17.0 Å². The van der Waals surface area contributed by atoms with Gasteiger partial charge in [0.25, 0.3) is 0 Å². The van der Waals surface area contributed by atoms with E-state index in [9.17, 15) is 26.7 Å². The number of amides is 1. The Morgan fingerprint density at radius 2 is 1.91 bits per heavy atom. The van der Waals surface area contributed by atoms with E-state index in [1.54, 1.807) is 11.3 Å². The molecule has 3 heterocycles. The van der Waals surface area contributed by atoms with Gasteiger partial charge in [-0.1, -0.05) is 11.3 Å². The molecule has 3 aliphatic rings. The highest BCUT2D eigenvalue weighted by atomic mass is 32.1. The number of hydrogen-bond acceptors (Lipinski definition) is 7. The van der Waals surface area contributed by atoms with Crippen LogP contribution in [-0.2, 0) is 14.3 Å². The average Bonchev–Trinajstić information content (AvgIpc) is 3.24. The summed E-state index contributed by atoms with van der Waals surface area (Å²) in [4.78, 5) is 22.9. The minimum absolute atomic E-state index is 0.159. The summed E-state index contributed by atoms with van der Waals surface area (Å²) in [6.45, 7) is 4.79. The van der Waals surface area contributed by atoms with Crippen LogP contribution >= 0.6 is 11.3 Å². The van der Waals surface area contributed by atoms with Crippen molar-refractivity contribution in [1.29, 1.82) is 0 Å². The molecule has 1 saturated carbocycles. The number of rotatable bonds is 5. The van der Waals surface area contributed by atoms with Gasteiger partial charge in [0.1, 0.15) is 10.6 Å². The number of ether oxygens (including phenoxy) is 1. The van der Waals surface area contributed by atoms with Gasteiger partial charge < -0.3 is 20.1 Å². The van der Waals surface area contributed by atoms with E-state index in [0.717, 1.165) is 42.7 Å². The van der Waals surface area contributed by atoms with E-state index < -0.39 is 24.0 Å². The SMILES string of the molecule is Cc1nnc(N2CC3(C2)OCCC3CCNC(=O)C2CC(F)(F)C2)s1.O=C(O)C(F)(F)F. The molecule has 3 fully saturated rings. The summed E-state index contributed by atoms with van der Waals surface area (Å²) in [7, 11) is 0. The normalized spacial score (nSPS) is 23.7. The fourth-order valence-electron chi connectivity index (χ4n) is 4.05. The lowest BCUT2D eigenvalue weighted by Gasteiger charge is -2.50. The van der Waals surface area contributed by atoms with Crippen LogP contribution in [0.25, 0.3) is 0 Å². The Bertz CT molecular complexity index is 836. The lowest BCUT2D eigenvalue weighted by molar-refractivity contribution is -0.192. The molecular weight excluding hydrogens is 463 g/mol. The van der Waals surface area contributed by atoms with Crippen molar-refractivity contribution in [3.63, 3.8) is 0 Å². The number of alkyl halides is 5. The number of aryl methyl sites for hydroxylation is 1. The van der Waals surface area contributed by atoms with Crippen LogP contribution in [0, 0.1) is 18.8 Å². The van der Waals surface area contributed by atoms with E-state index in [2.05, 4.69) is 20.4 Å². The Morgan fingerprint density at radius 1 is 1.28 bits per heavy atom. The van der Waals surface area contributed by atoms with Crippen molar-refractivity contribution in [2.45, 2.75) is 50.3 Å². The maximum Gasteiger partial charge on any atom is 0.490 e. The number of anilines is 1. The number of nitrogens with zero attached hydrogens (tertiary/aromatic N) is 3. The Balaban J connectivity index is 0.000000360. The Labute approximate surface area is 184 Å². The van der Waals surface area contributed by atoms with Crippen LogP contribution in [0.5, 0.6) is 0 Å². The molecule has 14 heteroatoms. The highest BCUT2D eigenvalue weighted by molar-refractivity contribution is 7.15. The van der Waals surface area contributed by atoms with E-state index in [1.807, 2.05) is 6.92 Å². The topological polar surface area (TPSA) is 105 Å². The molecule has 1 atom stereocenters. The molecule has 1 amide bonds. The zero-order valence-corrected chi connectivity index (χ0v) is 17.9. The molecule has 1 spiro atoms. The van der Waals surface area contributed by atoms with E-state index >= 15 is 0 Å². The van der Waals surface area contributed by atoms with Gasteiger partial charge in [-0.3, -0.25) is 4.79 Å². The van der Waals surface area contributed by atoms with Crippen LogP contribution in [0.3, 0.4) is 0 Å². The van der Waals surface area contributed by atoms with Crippen molar-refractivity contribution in [3.05, 3.63) is 5.01 Å². The number of carbonyl (C=O) groups excluding carboxylic acids is 1. The summed E-state index contributed by atoms with van der Waals surface area (Å²) in [6, 6.07) is 0. The lowest BCUT2D eigenvalue weighted by Crippen LogP contribution is -2.65. The van der Waals surface area contributed by atoms with E-state index in [4.69, 9.17) is 14.6 Å². The van der Waals surface area contributed by atoms with E-state index in [-0.39, 0.29) is 24.3 Å². The van der Waals surface area contributed by atoms with E-state index in [0.29, 0.717) is 12.5 Å². The predicted octanol–water partition coefficient (Wildman–Crippen LogP) is 2.63. The van der Waals surface area contributed by atoms with E-state index in [1.165, 1.54) is 0 Å². The highest BCUT2D eigenvalue weighted by Gasteiger charge is 2.53. The van der Waals surface area contributed by atoms with Crippen molar-refractivity contribution in [1.82, 2.24) is 15.5 Å². The van der Waals surface area contributed by atoms with Crippen molar-refractivity contribution < 1.29 is 41.4 Å². The first kappa shape index (κ1) is 24.6. The fourth-order valence-corrected chi connectivity index (χ4v) is 4.74. The summed E-state index contributed by atoms with van der Waals surface area (Å²) in [5, 5.41) is 20.0. The molecule has 1 aromatic rings. The lowest BCUT2D eigenvalue weighted by atomic mass is 9.79. The molecule has 1 aliphatic carbocycles. The van der Waals surface area contributed by atoms with Crippen LogP contribution < -0.4 is 10.2 Å². The number of halogens is 5. The Kier molecular flexibility index (Phi) is 6.94. The summed E-state index contributed by atoms with van der Waals surface area (Å²) >= 11 is 1.58. The number of carbonyl (C=O) groups is 2. The third-order valence-corrected chi connectivity index (χ3v) is 6.70. The zero-order chi connectivity index (χ0) is 23.7. The van der Waals surface area contributed by atoms with Gasteiger partial charge in [-0.05, 0) is 25.7 Å². The van der Waals surface area contributed by atoms with Gasteiger partial charge in [0.05, 0.1) is 13.1 Å². The number of carboxylic acid groups (broad SMARTS) is 1. The number of aromatic nitrogens is 2. The van der Waals surface area contributed by atoms with Crippen LogP contribution in [-0.4, -0.2) is 71.1 Å². The van der Waals surface area contributed by atoms with Gasteiger partial charge in [-0.2, -0.15) is 13.2 Å². The molecule has 180 valence electrons. The molecule has 2 aliphatic heterocycles. The zero-order valence-electron chi connectivity index (χ0n) is 17.1. The van der Waals surface area contributed by atoms with Crippen molar-refractivity contribution in [2.75, 3.05) is 31.1 Å². The first-order valence-electron chi connectivity index (χ1n) is 9.96. The number of hydrogen-bond donors (Lipinski definition) is 2. The van der Waals surface area contributed by atoms with Crippen molar-refractivity contribution in [3.8, 4) is 0 Å². The number of nitrogens with one attached hydrogen (secondary N) is 1. The minimum atomic E-state index is -5.08. The van der Waals surface area contributed by atoms with Gasteiger partial charge in [0, 0.05) is 31.9 Å². The van der Waals surface area contributed by atoms with Crippen molar-refractivity contribution >= 4 is 28.3 Å². The minimum Gasteiger partial charge on any atom is -0.475 e. The summed E-state index contributed by atoms with van der Waals surface area (Å²) in [6.07, 6.45) is -3.92. The molecule has 32 heavy (non-hydrogen) atoms. The third kappa shape index (κ3) is 5.63. The fraction of sp³-hybridized carbons (Fsp3) is 0.778. The second-order valence-corrected chi connectivity index (χ2v) is 9.36. The third-order valence-electron chi connectivity index (χ3n) is 5.80. The van der Waals surface area contributed by atoms with Gasteiger partial charge in [0.15, 0.2) is 0 Å². The Hall–Kier alpha value is -2.09. The molecule has 2 saturated heterocycles. The van der Waals surface area contributed by atoms with Crippen LogP contribution in [0.4, 0.5) is 27.1 Å². The molecule has 0 aromatic carbocycles. The molecule has 8 nitrogen and oxygen atoms in total. The molecule has 0 bridgehead atoms. The first-order valence-corrected chi connectivity index (χ1v) is 10.8. The maximum atomic E-state index is 12.8. The molecule has 0 radical (unpaired) electrons. The Morgan fingerprint density at radius 3 is 2.41 bits per heavy atom. The molecular formula is C18H23F5N4O4S. The summed E-state index contributed by atoms with van der Waals surface area (Å²) < 4.78 is 63.4. The number of aliphatic carboxylic acids is 1. The predicted molar refractivity (Wildman–Crippen MR) is 103 cm³/mol. The molecule has 1 unspecified atom stereocenters. The quantitative estimate of drug-likeness (QED) is 0.617. The second-order valence-electron chi connectivity index (χ2n) is 8.20.